The van der Waals surface area contributed by atoms with Crippen molar-refractivity contribution in [1.82, 2.24) is 10.2 Å². The highest BCUT2D eigenvalue weighted by molar-refractivity contribution is 14.0. The standard InChI is InChI=1S/C20H30N4O.HI/c1-3-21-20(24-13-17-8-4-5-9-18(17)14-24)22-12-16-7-6-10-19(11-16)23-15(2)25;/h6-7,10-11,17-18H,3-5,8-9,12-14H2,1-2H3,(H,21,22)(H,23,25);1H. The summed E-state index contributed by atoms with van der Waals surface area (Å²) < 4.78 is 0. The third kappa shape index (κ3) is 5.59. The number of amides is 1. The van der Waals surface area contributed by atoms with Crippen LogP contribution in [0.25, 0.3) is 0 Å². The number of hydrogen-bond donors (Lipinski definition) is 2. The van der Waals surface area contributed by atoms with Crippen LogP contribution in [-0.2, 0) is 11.3 Å². The number of benzene rings is 1. The van der Waals surface area contributed by atoms with Crippen molar-refractivity contribution in [3.63, 3.8) is 0 Å². The van der Waals surface area contributed by atoms with E-state index in [4.69, 9.17) is 4.99 Å². The summed E-state index contributed by atoms with van der Waals surface area (Å²) in [6.07, 6.45) is 5.52. The van der Waals surface area contributed by atoms with Gasteiger partial charge in [0.05, 0.1) is 6.54 Å². The van der Waals surface area contributed by atoms with Crippen LogP contribution in [0, 0.1) is 11.8 Å². The van der Waals surface area contributed by atoms with Crippen LogP contribution in [0.15, 0.2) is 29.3 Å². The maximum absolute atomic E-state index is 11.2. The van der Waals surface area contributed by atoms with Gasteiger partial charge in [-0.25, -0.2) is 4.99 Å². The minimum absolute atomic E-state index is 0. The summed E-state index contributed by atoms with van der Waals surface area (Å²) in [5, 5.41) is 6.29. The van der Waals surface area contributed by atoms with Gasteiger partial charge in [0.25, 0.3) is 0 Å². The number of carbonyl (C=O) groups is 1. The third-order valence-corrected chi connectivity index (χ3v) is 5.27. The van der Waals surface area contributed by atoms with E-state index in [0.717, 1.165) is 48.7 Å². The Balaban J connectivity index is 0.00000243. The first-order valence-corrected chi connectivity index (χ1v) is 9.55. The van der Waals surface area contributed by atoms with E-state index >= 15 is 0 Å². The molecule has 1 aromatic carbocycles. The third-order valence-electron chi connectivity index (χ3n) is 5.27. The minimum atomic E-state index is -0.0475. The number of aliphatic imine (C=N–C) groups is 1. The van der Waals surface area contributed by atoms with Gasteiger partial charge in [0.15, 0.2) is 5.96 Å². The number of nitrogens with zero attached hydrogens (tertiary/aromatic N) is 2. The van der Waals surface area contributed by atoms with Crippen molar-refractivity contribution in [1.29, 1.82) is 0 Å². The molecular weight excluding hydrogens is 439 g/mol. The largest absolute Gasteiger partial charge is 0.357 e. The fraction of sp³-hybridized carbons (Fsp3) is 0.600. The summed E-state index contributed by atoms with van der Waals surface area (Å²) in [5.74, 6) is 2.68. The Kier molecular flexibility index (Phi) is 8.18. The van der Waals surface area contributed by atoms with Crippen LogP contribution < -0.4 is 10.6 Å². The maximum atomic E-state index is 11.2. The first-order valence-electron chi connectivity index (χ1n) is 9.55. The molecule has 1 aliphatic heterocycles. The molecule has 2 aliphatic rings. The summed E-state index contributed by atoms with van der Waals surface area (Å²) in [6, 6.07) is 7.93. The lowest BCUT2D eigenvalue weighted by Gasteiger charge is -2.22. The highest BCUT2D eigenvalue weighted by Crippen LogP contribution is 2.36. The zero-order chi connectivity index (χ0) is 17.6. The van der Waals surface area contributed by atoms with Crippen molar-refractivity contribution >= 4 is 41.5 Å². The first kappa shape index (κ1) is 21.0. The van der Waals surface area contributed by atoms with Crippen LogP contribution in [-0.4, -0.2) is 36.4 Å². The number of anilines is 1. The number of rotatable bonds is 4. The Morgan fingerprint density at radius 2 is 1.92 bits per heavy atom. The molecule has 2 unspecified atom stereocenters. The molecule has 1 aliphatic carbocycles. The Morgan fingerprint density at radius 3 is 2.54 bits per heavy atom. The monoisotopic (exact) mass is 470 g/mol. The van der Waals surface area contributed by atoms with Gasteiger partial charge < -0.3 is 15.5 Å². The highest BCUT2D eigenvalue weighted by atomic mass is 127. The van der Waals surface area contributed by atoms with Crippen LogP contribution in [0.2, 0.25) is 0 Å². The van der Waals surface area contributed by atoms with Gasteiger partial charge in [-0.2, -0.15) is 0 Å². The molecule has 1 aromatic rings. The topological polar surface area (TPSA) is 56.7 Å². The molecule has 0 aromatic heterocycles. The molecule has 0 bridgehead atoms. The van der Waals surface area contributed by atoms with E-state index in [-0.39, 0.29) is 29.9 Å². The molecule has 144 valence electrons. The molecule has 26 heavy (non-hydrogen) atoms. The van der Waals surface area contributed by atoms with Crippen LogP contribution >= 0.6 is 24.0 Å². The number of carbonyl (C=O) groups excluding carboxylic acids is 1. The van der Waals surface area contributed by atoms with Crippen molar-refractivity contribution in [3.8, 4) is 0 Å². The number of hydrogen-bond acceptors (Lipinski definition) is 2. The van der Waals surface area contributed by atoms with Gasteiger partial charge in [-0.3, -0.25) is 4.79 Å². The van der Waals surface area contributed by atoms with Gasteiger partial charge in [0.2, 0.25) is 5.91 Å². The van der Waals surface area contributed by atoms with Crippen LogP contribution in [0.3, 0.4) is 0 Å². The lowest BCUT2D eigenvalue weighted by molar-refractivity contribution is -0.114. The number of nitrogens with one attached hydrogen (secondary N) is 2. The van der Waals surface area contributed by atoms with Crippen LogP contribution in [0.5, 0.6) is 0 Å². The number of fused-ring (bicyclic) bond motifs is 1. The summed E-state index contributed by atoms with van der Waals surface area (Å²) >= 11 is 0. The van der Waals surface area contributed by atoms with Gasteiger partial charge in [0, 0.05) is 32.2 Å². The number of likely N-dealkylation sites (tertiary alicyclic amines) is 1. The van der Waals surface area contributed by atoms with Gasteiger partial charge >= 0.3 is 0 Å². The second kappa shape index (κ2) is 10.1. The molecule has 1 saturated carbocycles. The average molecular weight is 470 g/mol. The van der Waals surface area contributed by atoms with Crippen molar-refractivity contribution in [2.24, 2.45) is 16.8 Å². The molecule has 2 atom stereocenters. The molecule has 0 spiro atoms. The molecule has 1 amide bonds. The van der Waals surface area contributed by atoms with Crippen molar-refractivity contribution in [3.05, 3.63) is 29.8 Å². The first-order chi connectivity index (χ1) is 12.2. The molecule has 1 saturated heterocycles. The Morgan fingerprint density at radius 1 is 1.23 bits per heavy atom. The lowest BCUT2D eigenvalue weighted by atomic mass is 9.82. The number of guanidine groups is 1. The van der Waals surface area contributed by atoms with E-state index in [1.807, 2.05) is 18.2 Å². The van der Waals surface area contributed by atoms with E-state index in [1.165, 1.54) is 32.6 Å². The maximum Gasteiger partial charge on any atom is 0.221 e. The smallest absolute Gasteiger partial charge is 0.221 e. The van der Waals surface area contributed by atoms with Gasteiger partial charge in [-0.1, -0.05) is 25.0 Å². The fourth-order valence-electron chi connectivity index (χ4n) is 4.12. The summed E-state index contributed by atoms with van der Waals surface area (Å²) in [4.78, 5) is 18.5. The Bertz CT molecular complexity index is 620. The lowest BCUT2D eigenvalue weighted by Crippen LogP contribution is -2.40. The van der Waals surface area contributed by atoms with E-state index in [0.29, 0.717) is 6.54 Å². The number of halogens is 1. The molecule has 2 N–H and O–H groups in total. The van der Waals surface area contributed by atoms with Crippen molar-refractivity contribution in [2.45, 2.75) is 46.1 Å². The van der Waals surface area contributed by atoms with Crippen molar-refractivity contribution < 1.29 is 4.79 Å². The van der Waals surface area contributed by atoms with E-state index < -0.39 is 0 Å². The molecule has 5 nitrogen and oxygen atoms in total. The highest BCUT2D eigenvalue weighted by Gasteiger charge is 2.35. The summed E-state index contributed by atoms with van der Waals surface area (Å²) in [6.45, 7) is 7.44. The minimum Gasteiger partial charge on any atom is -0.357 e. The quantitative estimate of drug-likeness (QED) is 0.400. The van der Waals surface area contributed by atoms with Gasteiger partial charge in [0.1, 0.15) is 0 Å². The summed E-state index contributed by atoms with van der Waals surface area (Å²) in [5.41, 5.74) is 1.94. The van der Waals surface area contributed by atoms with E-state index in [1.54, 1.807) is 0 Å². The second-order valence-corrected chi connectivity index (χ2v) is 7.26. The molecule has 2 fully saturated rings. The predicted octanol–water partition coefficient (Wildman–Crippen LogP) is 3.85. The molecule has 0 radical (unpaired) electrons. The molecule has 3 rings (SSSR count). The summed E-state index contributed by atoms with van der Waals surface area (Å²) in [7, 11) is 0. The van der Waals surface area contributed by atoms with E-state index in [2.05, 4.69) is 28.5 Å². The molecule has 6 heteroatoms. The van der Waals surface area contributed by atoms with Crippen LogP contribution in [0.1, 0.15) is 45.1 Å². The fourth-order valence-corrected chi connectivity index (χ4v) is 4.12. The van der Waals surface area contributed by atoms with Crippen molar-refractivity contribution in [2.75, 3.05) is 25.0 Å². The molecular formula is C20H31IN4O. The van der Waals surface area contributed by atoms with Gasteiger partial charge in [-0.15, -0.1) is 24.0 Å². The Labute approximate surface area is 174 Å². The zero-order valence-corrected chi connectivity index (χ0v) is 18.2. The predicted molar refractivity (Wildman–Crippen MR) is 118 cm³/mol. The SMILES string of the molecule is CCNC(=NCc1cccc(NC(C)=O)c1)N1CC2CCCCC2C1.I. The normalized spacial score (nSPS) is 22.4. The van der Waals surface area contributed by atoms with Crippen LogP contribution in [0.4, 0.5) is 5.69 Å². The van der Waals surface area contributed by atoms with E-state index in [9.17, 15) is 4.79 Å². The Hall–Kier alpha value is -1.31. The second-order valence-electron chi connectivity index (χ2n) is 7.26. The average Bonchev–Trinajstić information content (AvgIpc) is 3.02. The molecule has 1 heterocycles. The van der Waals surface area contributed by atoms with Gasteiger partial charge in [-0.05, 0) is 49.3 Å². The zero-order valence-electron chi connectivity index (χ0n) is 15.8.